The Morgan fingerprint density at radius 2 is 1.61 bits per heavy atom. The zero-order chi connectivity index (χ0) is 25.1. The number of halogens is 2. The molecule has 3 fully saturated rings. The number of piperidine rings is 3. The van der Waals surface area contributed by atoms with E-state index in [0.717, 1.165) is 44.1 Å². The third-order valence-corrected chi connectivity index (χ3v) is 7.48. The maximum absolute atomic E-state index is 14.4. The van der Waals surface area contributed by atoms with Crippen LogP contribution in [-0.4, -0.2) is 48.5 Å². The molecule has 3 aromatic rings. The average Bonchev–Trinajstić information content (AvgIpc) is 2.90. The van der Waals surface area contributed by atoms with Crippen molar-refractivity contribution in [3.63, 3.8) is 0 Å². The second-order valence-corrected chi connectivity index (χ2v) is 9.84. The lowest BCUT2D eigenvalue weighted by molar-refractivity contribution is -0.938. The molecular formula is C29H29F2N2O3+. The molecule has 3 aliphatic rings. The Kier molecular flexibility index (Phi) is 6.83. The van der Waals surface area contributed by atoms with Gasteiger partial charge in [0.1, 0.15) is 24.7 Å². The van der Waals surface area contributed by atoms with E-state index in [9.17, 15) is 18.4 Å². The Labute approximate surface area is 209 Å². The SMILES string of the molecule is O=C(C[N+]12CCC(CC1)[C@@H](OC(=O)C(Nc1cc(F)ccc1F)c1ccccc1)C2)c1ccccc1. The fourth-order valence-electron chi connectivity index (χ4n) is 5.50. The van der Waals surface area contributed by atoms with E-state index >= 15 is 0 Å². The number of anilines is 1. The molecule has 7 heteroatoms. The largest absolute Gasteiger partial charge is 0.454 e. The van der Waals surface area contributed by atoms with Crippen molar-refractivity contribution in [1.82, 2.24) is 0 Å². The zero-order valence-corrected chi connectivity index (χ0v) is 19.9. The number of benzene rings is 3. The summed E-state index contributed by atoms with van der Waals surface area (Å²) < 4.78 is 34.8. The smallest absolute Gasteiger partial charge is 0.333 e. The third-order valence-electron chi connectivity index (χ3n) is 7.48. The molecule has 3 aromatic carbocycles. The molecule has 0 aliphatic carbocycles. The van der Waals surface area contributed by atoms with Crippen LogP contribution in [0.2, 0.25) is 0 Å². The van der Waals surface area contributed by atoms with Crippen LogP contribution in [0, 0.1) is 17.6 Å². The molecule has 0 aromatic heterocycles. The first kappa shape index (κ1) is 24.1. The van der Waals surface area contributed by atoms with E-state index in [2.05, 4.69) is 5.32 Å². The van der Waals surface area contributed by atoms with E-state index in [1.165, 1.54) is 0 Å². The van der Waals surface area contributed by atoms with Crippen molar-refractivity contribution in [2.24, 2.45) is 5.92 Å². The van der Waals surface area contributed by atoms with E-state index in [4.69, 9.17) is 4.74 Å². The Bertz CT molecular complexity index is 1230. The standard InChI is InChI=1S/C29H29F2N2O3/c30-23-11-12-24(31)25(17-23)32-28(22-9-5-2-6-10-22)29(35)36-27-19-33(15-13-21(27)14-16-33)18-26(34)20-7-3-1-4-8-20/h1-12,17,21,27-28,32H,13-16,18-19H2/q+1/t21?,27-,28?,33?/m0/s1. The quantitative estimate of drug-likeness (QED) is 0.269. The van der Waals surface area contributed by atoms with Gasteiger partial charge in [0.15, 0.2) is 12.1 Å². The highest BCUT2D eigenvalue weighted by Gasteiger charge is 2.49. The molecule has 0 amide bonds. The maximum atomic E-state index is 14.4. The van der Waals surface area contributed by atoms with Crippen LogP contribution in [0.5, 0.6) is 0 Å². The molecule has 2 bridgehead atoms. The summed E-state index contributed by atoms with van der Waals surface area (Å²) in [5, 5.41) is 2.85. The van der Waals surface area contributed by atoms with Gasteiger partial charge in [0.2, 0.25) is 5.78 Å². The minimum Gasteiger partial charge on any atom is -0.454 e. The van der Waals surface area contributed by atoms with Gasteiger partial charge in [0.05, 0.1) is 18.8 Å². The van der Waals surface area contributed by atoms with Crippen LogP contribution < -0.4 is 5.32 Å². The van der Waals surface area contributed by atoms with Gasteiger partial charge in [-0.25, -0.2) is 13.6 Å². The number of carbonyl (C=O) groups excluding carboxylic acids is 2. The summed E-state index contributed by atoms with van der Waals surface area (Å²) in [6.07, 6.45) is 1.41. The third kappa shape index (κ3) is 5.16. The Balaban J connectivity index is 1.33. The number of fused-ring (bicyclic) bond motifs is 3. The molecule has 186 valence electrons. The predicted molar refractivity (Wildman–Crippen MR) is 132 cm³/mol. The van der Waals surface area contributed by atoms with Crippen molar-refractivity contribution in [1.29, 1.82) is 0 Å². The molecular weight excluding hydrogens is 462 g/mol. The molecule has 6 rings (SSSR count). The molecule has 3 heterocycles. The number of nitrogens with zero attached hydrogens (tertiary/aromatic N) is 1. The van der Waals surface area contributed by atoms with E-state index in [1.54, 1.807) is 24.3 Å². The van der Waals surface area contributed by atoms with E-state index in [1.807, 2.05) is 36.4 Å². The van der Waals surface area contributed by atoms with Crippen molar-refractivity contribution in [2.45, 2.75) is 25.0 Å². The van der Waals surface area contributed by atoms with E-state index in [0.29, 0.717) is 28.7 Å². The number of nitrogens with one attached hydrogen (secondary N) is 1. The summed E-state index contributed by atoms with van der Waals surface area (Å²) in [5.74, 6) is -1.49. The van der Waals surface area contributed by atoms with Gasteiger partial charge in [0.25, 0.3) is 0 Å². The lowest BCUT2D eigenvalue weighted by Crippen LogP contribution is -2.65. The van der Waals surface area contributed by atoms with Gasteiger partial charge in [-0.3, -0.25) is 4.79 Å². The molecule has 5 nitrogen and oxygen atoms in total. The van der Waals surface area contributed by atoms with E-state index in [-0.39, 0.29) is 23.5 Å². The molecule has 1 N–H and O–H groups in total. The molecule has 0 saturated carbocycles. The fraction of sp³-hybridized carbons (Fsp3) is 0.310. The topological polar surface area (TPSA) is 55.4 Å². The maximum Gasteiger partial charge on any atom is 0.333 e. The number of hydrogen-bond donors (Lipinski definition) is 1. The first-order valence-electron chi connectivity index (χ1n) is 12.3. The van der Waals surface area contributed by atoms with Crippen LogP contribution in [-0.2, 0) is 9.53 Å². The van der Waals surface area contributed by atoms with E-state index < -0.39 is 23.6 Å². The molecule has 0 spiro atoms. The molecule has 2 atom stereocenters. The summed E-state index contributed by atoms with van der Waals surface area (Å²) in [6.45, 7) is 2.71. The van der Waals surface area contributed by atoms with Crippen molar-refractivity contribution < 1.29 is 27.6 Å². The Morgan fingerprint density at radius 3 is 2.31 bits per heavy atom. The lowest BCUT2D eigenvalue weighted by Gasteiger charge is -2.51. The second kappa shape index (κ2) is 10.2. The van der Waals surface area contributed by atoms with Crippen LogP contribution in [0.15, 0.2) is 78.9 Å². The number of quaternary nitrogens is 1. The number of carbonyl (C=O) groups is 2. The predicted octanol–water partition coefficient (Wildman–Crippen LogP) is 5.15. The van der Waals surface area contributed by atoms with Gasteiger partial charge in [-0.1, -0.05) is 60.7 Å². The first-order chi connectivity index (χ1) is 17.4. The second-order valence-electron chi connectivity index (χ2n) is 9.84. The highest BCUT2D eigenvalue weighted by molar-refractivity contribution is 5.97. The van der Waals surface area contributed by atoms with Gasteiger partial charge in [-0.2, -0.15) is 0 Å². The van der Waals surface area contributed by atoms with Crippen LogP contribution in [0.25, 0.3) is 0 Å². The van der Waals surface area contributed by atoms with Crippen LogP contribution >= 0.6 is 0 Å². The molecule has 0 radical (unpaired) electrons. The summed E-state index contributed by atoms with van der Waals surface area (Å²) >= 11 is 0. The van der Waals surface area contributed by atoms with Gasteiger partial charge in [0, 0.05) is 24.3 Å². The van der Waals surface area contributed by atoms with Crippen LogP contribution in [0.4, 0.5) is 14.5 Å². The normalized spacial score (nSPS) is 23.6. The highest BCUT2D eigenvalue weighted by atomic mass is 19.1. The van der Waals surface area contributed by atoms with Crippen molar-refractivity contribution >= 4 is 17.4 Å². The van der Waals surface area contributed by atoms with Crippen molar-refractivity contribution in [2.75, 3.05) is 31.5 Å². The van der Waals surface area contributed by atoms with Gasteiger partial charge >= 0.3 is 5.97 Å². The number of hydrogen-bond acceptors (Lipinski definition) is 4. The highest BCUT2D eigenvalue weighted by Crippen LogP contribution is 2.37. The lowest BCUT2D eigenvalue weighted by atomic mass is 9.82. The van der Waals surface area contributed by atoms with Crippen LogP contribution in [0.1, 0.15) is 34.8 Å². The number of rotatable bonds is 8. The monoisotopic (exact) mass is 491 g/mol. The molecule has 36 heavy (non-hydrogen) atoms. The van der Waals surface area contributed by atoms with Crippen LogP contribution in [0.3, 0.4) is 0 Å². The Hall–Kier alpha value is -3.58. The van der Waals surface area contributed by atoms with Crippen molar-refractivity contribution in [3.05, 3.63) is 102 Å². The number of ether oxygens (including phenoxy) is 1. The first-order valence-corrected chi connectivity index (χ1v) is 12.3. The van der Waals surface area contributed by atoms with Gasteiger partial charge in [-0.05, 0) is 23.8 Å². The summed E-state index contributed by atoms with van der Waals surface area (Å²) in [4.78, 5) is 26.4. The zero-order valence-electron chi connectivity index (χ0n) is 19.9. The van der Waals surface area contributed by atoms with Gasteiger partial charge in [-0.15, -0.1) is 0 Å². The fourth-order valence-corrected chi connectivity index (χ4v) is 5.50. The minimum absolute atomic E-state index is 0.0893. The molecule has 3 saturated heterocycles. The summed E-state index contributed by atoms with van der Waals surface area (Å²) in [7, 11) is 0. The molecule has 3 aliphatic heterocycles. The number of esters is 1. The summed E-state index contributed by atoms with van der Waals surface area (Å²) in [6, 6.07) is 20.2. The Morgan fingerprint density at radius 1 is 0.944 bits per heavy atom. The average molecular weight is 492 g/mol. The minimum atomic E-state index is -1.00. The van der Waals surface area contributed by atoms with Gasteiger partial charge < -0.3 is 14.5 Å². The molecule has 1 unspecified atom stereocenters. The van der Waals surface area contributed by atoms with Crippen molar-refractivity contribution in [3.8, 4) is 0 Å². The summed E-state index contributed by atoms with van der Waals surface area (Å²) in [5.41, 5.74) is 1.18. The number of Topliss-reactive ketones (excluding diaryl/α,β-unsaturated/α-hetero) is 1. The number of ketones is 1.